The van der Waals surface area contributed by atoms with Crippen LogP contribution in [0.3, 0.4) is 0 Å². The summed E-state index contributed by atoms with van der Waals surface area (Å²) in [6.45, 7) is 2.22. The molecule has 0 bridgehead atoms. The molecule has 0 saturated carbocycles. The second-order valence-electron chi connectivity index (χ2n) is 5.30. The third-order valence-electron chi connectivity index (χ3n) is 3.40. The normalized spacial score (nSPS) is 12.4. The Morgan fingerprint density at radius 1 is 1.08 bits per heavy atom. The molecule has 0 spiro atoms. The van der Waals surface area contributed by atoms with Gasteiger partial charge in [-0.25, -0.2) is 15.0 Å². The van der Waals surface area contributed by atoms with Gasteiger partial charge in [0.05, 0.1) is 5.69 Å². The number of carbonyl (C=O) groups is 1. The standard InChI is InChI=1S/C16H17N3O6/c1-10(3-4-20)11-5-24-16(18-11)13-7-25-15(19-13)12-6-23-14(17-12)8-22-9-21-2/h4-7,10H,3,8-9H2,1-2H3/t10-/m0/s1. The second kappa shape index (κ2) is 7.86. The first-order chi connectivity index (χ1) is 12.2. The molecule has 3 rings (SSSR count). The number of methoxy groups -OCH3 is 1. The highest BCUT2D eigenvalue weighted by molar-refractivity contribution is 5.54. The fraction of sp³-hybridized carbons (Fsp3) is 0.375. The van der Waals surface area contributed by atoms with Crippen molar-refractivity contribution in [3.05, 3.63) is 30.4 Å². The highest BCUT2D eigenvalue weighted by Crippen LogP contribution is 2.26. The van der Waals surface area contributed by atoms with Crippen LogP contribution in [-0.4, -0.2) is 35.1 Å². The van der Waals surface area contributed by atoms with Gasteiger partial charge in [-0.1, -0.05) is 6.92 Å². The quantitative estimate of drug-likeness (QED) is 0.327. The Kier molecular flexibility index (Phi) is 5.36. The number of ether oxygens (including phenoxy) is 2. The van der Waals surface area contributed by atoms with E-state index in [1.165, 1.54) is 25.9 Å². The zero-order valence-corrected chi connectivity index (χ0v) is 13.8. The summed E-state index contributed by atoms with van der Waals surface area (Å²) in [7, 11) is 1.53. The Labute approximate surface area is 143 Å². The van der Waals surface area contributed by atoms with Gasteiger partial charge in [0.15, 0.2) is 11.4 Å². The van der Waals surface area contributed by atoms with Crippen molar-refractivity contribution in [3.63, 3.8) is 0 Å². The summed E-state index contributed by atoms with van der Waals surface area (Å²) in [6.07, 6.45) is 5.59. The predicted octanol–water partition coefficient (Wildman–Crippen LogP) is 2.80. The minimum Gasteiger partial charge on any atom is -0.446 e. The van der Waals surface area contributed by atoms with E-state index in [0.29, 0.717) is 35.3 Å². The van der Waals surface area contributed by atoms with E-state index in [4.69, 9.17) is 22.7 Å². The number of hydrogen-bond acceptors (Lipinski definition) is 9. The van der Waals surface area contributed by atoms with Crippen molar-refractivity contribution in [2.75, 3.05) is 13.9 Å². The van der Waals surface area contributed by atoms with E-state index in [1.807, 2.05) is 6.92 Å². The van der Waals surface area contributed by atoms with Crippen LogP contribution in [0.25, 0.3) is 23.2 Å². The summed E-state index contributed by atoms with van der Waals surface area (Å²) >= 11 is 0. The van der Waals surface area contributed by atoms with Gasteiger partial charge >= 0.3 is 0 Å². The molecule has 0 amide bonds. The summed E-state index contributed by atoms with van der Waals surface area (Å²) in [5.74, 6) is 0.951. The van der Waals surface area contributed by atoms with E-state index in [9.17, 15) is 4.79 Å². The SMILES string of the molecule is COCOCc1nc(-c2nc(-c3nc([C@@H](C)CC=O)co3)co2)co1. The van der Waals surface area contributed by atoms with Crippen molar-refractivity contribution in [3.8, 4) is 23.2 Å². The molecule has 25 heavy (non-hydrogen) atoms. The lowest BCUT2D eigenvalue weighted by Gasteiger charge is -1.99. The molecule has 3 aromatic heterocycles. The number of oxazole rings is 3. The molecule has 0 aliphatic heterocycles. The van der Waals surface area contributed by atoms with Crippen LogP contribution in [0.4, 0.5) is 0 Å². The molecule has 0 radical (unpaired) electrons. The summed E-state index contributed by atoms with van der Waals surface area (Å²) in [6, 6.07) is 0. The first kappa shape index (κ1) is 17.1. The van der Waals surface area contributed by atoms with Gasteiger partial charge in [0.25, 0.3) is 0 Å². The van der Waals surface area contributed by atoms with E-state index >= 15 is 0 Å². The monoisotopic (exact) mass is 347 g/mol. The van der Waals surface area contributed by atoms with Crippen molar-refractivity contribution in [2.24, 2.45) is 0 Å². The molecule has 3 aromatic rings. The molecule has 3 heterocycles. The van der Waals surface area contributed by atoms with Gasteiger partial charge in [0, 0.05) is 19.4 Å². The highest BCUT2D eigenvalue weighted by Gasteiger charge is 2.18. The number of carbonyl (C=O) groups excluding carboxylic acids is 1. The third kappa shape index (κ3) is 4.01. The Hall–Kier alpha value is -2.78. The second-order valence-corrected chi connectivity index (χ2v) is 5.30. The molecule has 0 aliphatic carbocycles. The number of rotatable bonds is 9. The fourth-order valence-corrected chi connectivity index (χ4v) is 2.07. The van der Waals surface area contributed by atoms with Crippen LogP contribution in [0.2, 0.25) is 0 Å². The first-order valence-electron chi connectivity index (χ1n) is 7.57. The Morgan fingerprint density at radius 2 is 1.80 bits per heavy atom. The van der Waals surface area contributed by atoms with Crippen molar-refractivity contribution in [2.45, 2.75) is 25.9 Å². The smallest absolute Gasteiger partial charge is 0.249 e. The topological polar surface area (TPSA) is 114 Å². The lowest BCUT2D eigenvalue weighted by atomic mass is 10.1. The van der Waals surface area contributed by atoms with Gasteiger partial charge < -0.3 is 27.5 Å². The number of aromatic nitrogens is 3. The maximum absolute atomic E-state index is 10.6. The Balaban J connectivity index is 1.71. The van der Waals surface area contributed by atoms with E-state index < -0.39 is 0 Å². The molecule has 0 aromatic carbocycles. The Morgan fingerprint density at radius 3 is 2.60 bits per heavy atom. The minimum atomic E-state index is -0.0217. The van der Waals surface area contributed by atoms with Gasteiger partial charge in [0.1, 0.15) is 38.5 Å². The van der Waals surface area contributed by atoms with Crippen LogP contribution in [0.15, 0.2) is 32.0 Å². The van der Waals surface area contributed by atoms with Crippen LogP contribution < -0.4 is 0 Å². The summed E-state index contributed by atoms with van der Waals surface area (Å²) < 4.78 is 26.0. The van der Waals surface area contributed by atoms with Gasteiger partial charge in [0.2, 0.25) is 17.7 Å². The van der Waals surface area contributed by atoms with E-state index in [-0.39, 0.29) is 25.2 Å². The maximum atomic E-state index is 10.6. The van der Waals surface area contributed by atoms with Crippen LogP contribution in [0.5, 0.6) is 0 Å². The molecule has 1 atom stereocenters. The lowest BCUT2D eigenvalue weighted by Crippen LogP contribution is -1.96. The molecule has 0 N–H and O–H groups in total. The van der Waals surface area contributed by atoms with Crippen molar-refractivity contribution < 1.29 is 27.5 Å². The molecule has 0 unspecified atom stereocenters. The Bertz CT molecular complexity index is 821. The molecular weight excluding hydrogens is 330 g/mol. The molecule has 0 saturated heterocycles. The average molecular weight is 347 g/mol. The van der Waals surface area contributed by atoms with E-state index in [2.05, 4.69) is 15.0 Å². The molecule has 0 aliphatic rings. The summed E-state index contributed by atoms with van der Waals surface area (Å²) in [5.41, 5.74) is 1.55. The number of hydrogen-bond donors (Lipinski definition) is 0. The third-order valence-corrected chi connectivity index (χ3v) is 3.40. The first-order valence-corrected chi connectivity index (χ1v) is 7.57. The lowest BCUT2D eigenvalue weighted by molar-refractivity contribution is -0.108. The van der Waals surface area contributed by atoms with Crippen molar-refractivity contribution in [1.82, 2.24) is 15.0 Å². The van der Waals surface area contributed by atoms with Crippen LogP contribution >= 0.6 is 0 Å². The largest absolute Gasteiger partial charge is 0.446 e. The van der Waals surface area contributed by atoms with Gasteiger partial charge in [-0.05, 0) is 0 Å². The van der Waals surface area contributed by atoms with Crippen molar-refractivity contribution in [1.29, 1.82) is 0 Å². The minimum absolute atomic E-state index is 0.0217. The molecular formula is C16H17N3O6. The number of aldehydes is 1. The molecule has 132 valence electrons. The van der Waals surface area contributed by atoms with Crippen LogP contribution in [0, 0.1) is 0 Å². The van der Waals surface area contributed by atoms with Gasteiger partial charge in [-0.2, -0.15) is 0 Å². The summed E-state index contributed by atoms with van der Waals surface area (Å²) in [5, 5.41) is 0. The van der Waals surface area contributed by atoms with Crippen LogP contribution in [-0.2, 0) is 20.9 Å². The maximum Gasteiger partial charge on any atom is 0.249 e. The zero-order valence-electron chi connectivity index (χ0n) is 13.8. The average Bonchev–Trinajstić information content (AvgIpc) is 3.34. The predicted molar refractivity (Wildman–Crippen MR) is 83.3 cm³/mol. The van der Waals surface area contributed by atoms with Gasteiger partial charge in [-0.15, -0.1) is 0 Å². The molecule has 9 nitrogen and oxygen atoms in total. The van der Waals surface area contributed by atoms with E-state index in [1.54, 1.807) is 0 Å². The van der Waals surface area contributed by atoms with Gasteiger partial charge in [-0.3, -0.25) is 0 Å². The highest BCUT2D eigenvalue weighted by atomic mass is 16.7. The number of nitrogens with zero attached hydrogens (tertiary/aromatic N) is 3. The molecule has 9 heteroatoms. The summed E-state index contributed by atoms with van der Waals surface area (Å²) in [4.78, 5) is 23.5. The van der Waals surface area contributed by atoms with Crippen molar-refractivity contribution >= 4 is 6.29 Å². The van der Waals surface area contributed by atoms with E-state index in [0.717, 1.165) is 6.29 Å². The fourth-order valence-electron chi connectivity index (χ4n) is 2.07. The van der Waals surface area contributed by atoms with Crippen LogP contribution in [0.1, 0.15) is 30.8 Å². The zero-order chi connectivity index (χ0) is 17.6. The molecule has 0 fully saturated rings.